The highest BCUT2D eigenvalue weighted by atomic mass is 19.1. The Kier molecular flexibility index (Phi) is 8.23. The van der Waals surface area contributed by atoms with Crippen LogP contribution >= 0.6 is 0 Å². The molecule has 14 heteroatoms. The third-order valence-electron chi connectivity index (χ3n) is 12.0. The molecule has 13 nitrogen and oxygen atoms in total. The molecule has 2 atom stereocenters. The van der Waals surface area contributed by atoms with Crippen LogP contribution in [0.2, 0.25) is 0 Å². The van der Waals surface area contributed by atoms with Gasteiger partial charge in [-0.2, -0.15) is 0 Å². The minimum atomic E-state index is -0.606. The Balaban J connectivity index is 0.774. The number of rotatable bonds is 7. The van der Waals surface area contributed by atoms with Crippen molar-refractivity contribution in [2.75, 3.05) is 60.5 Å². The van der Waals surface area contributed by atoms with Gasteiger partial charge < -0.3 is 19.6 Å². The van der Waals surface area contributed by atoms with Gasteiger partial charge in [0.15, 0.2) is 5.65 Å². The van der Waals surface area contributed by atoms with Crippen LogP contribution in [0.25, 0.3) is 17.0 Å². The number of hydrogen-bond acceptors (Lipinski definition) is 10. The van der Waals surface area contributed by atoms with Crippen molar-refractivity contribution >= 4 is 40.7 Å². The molecule has 1 N–H and O–H groups in total. The molecule has 4 fully saturated rings. The van der Waals surface area contributed by atoms with E-state index in [1.807, 2.05) is 53.2 Å². The fraction of sp³-hybridized carbons (Fsp3) is 0.366. The summed E-state index contributed by atoms with van der Waals surface area (Å²) >= 11 is 0. The lowest BCUT2D eigenvalue weighted by atomic mass is 10.0. The lowest BCUT2D eigenvalue weighted by molar-refractivity contribution is -0.136. The number of imidazole rings is 1. The van der Waals surface area contributed by atoms with Crippen LogP contribution in [0.5, 0.6) is 0 Å². The summed E-state index contributed by atoms with van der Waals surface area (Å²) in [6.45, 7) is 6.69. The van der Waals surface area contributed by atoms with Crippen molar-refractivity contribution in [3.63, 3.8) is 0 Å². The van der Waals surface area contributed by atoms with Gasteiger partial charge in [-0.15, -0.1) is 5.10 Å². The zero-order valence-corrected chi connectivity index (χ0v) is 30.4. The maximum Gasteiger partial charge on any atom is 0.255 e. The van der Waals surface area contributed by atoms with Crippen LogP contribution in [0.15, 0.2) is 79.0 Å². The monoisotopic (exact) mass is 740 g/mol. The van der Waals surface area contributed by atoms with Crippen LogP contribution in [-0.2, 0) is 16.1 Å². The number of amides is 3. The topological polar surface area (TPSA) is 123 Å². The van der Waals surface area contributed by atoms with E-state index in [-0.39, 0.29) is 36.0 Å². The quantitative estimate of drug-likeness (QED) is 0.245. The van der Waals surface area contributed by atoms with E-state index in [4.69, 9.17) is 10.1 Å². The van der Waals surface area contributed by atoms with Crippen LogP contribution in [0.4, 0.5) is 21.7 Å². The first kappa shape index (κ1) is 33.7. The standard InChI is InChI=1S/C41H41FN10O3/c42-28-5-1-4-26(20-28)33-7-3-15-50(33)38-13-12-36-43-22-35(52(36)46-38)32-6-2-8-37(44-32)48-18-16-47(17-19-48)30-24-49(25-30)29-9-10-31-27(21-29)23-51(41(31)55)34-11-14-39(53)45-40(34)54/h1-2,4-6,8-10,12-13,20-22,30,33-34H,3,7,11,14-19,23-25H2,(H,45,53,54). The number of fused-ring (bicyclic) bond motifs is 2. The molecule has 5 aromatic rings. The van der Waals surface area contributed by atoms with E-state index in [0.717, 1.165) is 104 Å². The van der Waals surface area contributed by atoms with E-state index in [2.05, 4.69) is 42.0 Å². The molecular weight excluding hydrogens is 700 g/mol. The Morgan fingerprint density at radius 3 is 2.47 bits per heavy atom. The molecule has 55 heavy (non-hydrogen) atoms. The molecular formula is C41H41FN10O3. The van der Waals surface area contributed by atoms with E-state index in [1.165, 1.54) is 6.07 Å². The molecule has 0 saturated carbocycles. The largest absolute Gasteiger partial charge is 0.368 e. The van der Waals surface area contributed by atoms with Crippen LogP contribution in [0.1, 0.15) is 53.2 Å². The average molecular weight is 741 g/mol. The number of nitrogens with one attached hydrogen (secondary N) is 1. The number of halogens is 1. The van der Waals surface area contributed by atoms with Gasteiger partial charge in [0, 0.05) is 76.1 Å². The number of piperazine rings is 1. The zero-order chi connectivity index (χ0) is 37.2. The number of aromatic nitrogens is 4. The molecule has 0 bridgehead atoms. The molecule has 2 unspecified atom stereocenters. The summed E-state index contributed by atoms with van der Waals surface area (Å²) in [7, 11) is 0. The molecule has 0 radical (unpaired) electrons. The van der Waals surface area contributed by atoms with Crippen LogP contribution < -0.4 is 20.0 Å². The summed E-state index contributed by atoms with van der Waals surface area (Å²) in [4.78, 5) is 58.1. The van der Waals surface area contributed by atoms with Gasteiger partial charge in [0.25, 0.3) is 5.91 Å². The van der Waals surface area contributed by atoms with Crippen LogP contribution in [0, 0.1) is 5.82 Å². The smallest absolute Gasteiger partial charge is 0.255 e. The van der Waals surface area contributed by atoms with Crippen molar-refractivity contribution in [2.24, 2.45) is 0 Å². The van der Waals surface area contributed by atoms with Crippen LogP contribution in [-0.4, -0.2) is 105 Å². The third kappa shape index (κ3) is 6.04. The summed E-state index contributed by atoms with van der Waals surface area (Å²) in [6, 6.07) is 22.9. The second-order valence-corrected chi connectivity index (χ2v) is 15.2. The normalized spacial score (nSPS) is 22.1. The number of pyridine rings is 1. The maximum atomic E-state index is 14.1. The number of imide groups is 1. The number of piperidine rings is 1. The predicted octanol–water partition coefficient (Wildman–Crippen LogP) is 4.04. The van der Waals surface area contributed by atoms with E-state index in [9.17, 15) is 18.8 Å². The molecule has 4 saturated heterocycles. The molecule has 0 spiro atoms. The fourth-order valence-corrected chi connectivity index (χ4v) is 9.01. The average Bonchev–Trinajstić information content (AvgIpc) is 3.92. The molecule has 280 valence electrons. The Morgan fingerprint density at radius 1 is 0.782 bits per heavy atom. The van der Waals surface area contributed by atoms with Gasteiger partial charge in [-0.3, -0.25) is 24.6 Å². The van der Waals surface area contributed by atoms with Gasteiger partial charge in [0.1, 0.15) is 29.2 Å². The van der Waals surface area contributed by atoms with Gasteiger partial charge in [0.2, 0.25) is 11.8 Å². The van der Waals surface area contributed by atoms with E-state index in [0.29, 0.717) is 24.6 Å². The van der Waals surface area contributed by atoms with Gasteiger partial charge in [-0.1, -0.05) is 18.2 Å². The summed E-state index contributed by atoms with van der Waals surface area (Å²) in [5.74, 6) is 0.736. The summed E-state index contributed by atoms with van der Waals surface area (Å²) in [6.07, 6.45) is 4.40. The van der Waals surface area contributed by atoms with Gasteiger partial charge in [-0.25, -0.2) is 18.9 Å². The highest BCUT2D eigenvalue weighted by Crippen LogP contribution is 2.36. The Bertz CT molecular complexity index is 2330. The zero-order valence-electron chi connectivity index (χ0n) is 30.4. The number of nitrogens with zero attached hydrogens (tertiary/aromatic N) is 9. The Hall–Kier alpha value is -5.89. The van der Waals surface area contributed by atoms with Crippen molar-refractivity contribution in [3.8, 4) is 11.4 Å². The minimum Gasteiger partial charge on any atom is -0.368 e. The fourth-order valence-electron chi connectivity index (χ4n) is 9.01. The van der Waals surface area contributed by atoms with Crippen molar-refractivity contribution in [3.05, 3.63) is 102 Å². The lowest BCUT2D eigenvalue weighted by Gasteiger charge is -2.49. The SMILES string of the molecule is O=C1CCC(N2Cc3cc(N4CC(N5CCN(c6cccc(-c7cnc8ccc(N9CCCC9c9cccc(F)c9)nn78)n6)CC5)C4)ccc3C2=O)C(=O)N1. The summed E-state index contributed by atoms with van der Waals surface area (Å²) < 4.78 is 16.0. The summed E-state index contributed by atoms with van der Waals surface area (Å²) in [5.41, 5.74) is 6.01. The molecule has 2 aromatic carbocycles. The number of benzene rings is 2. The van der Waals surface area contributed by atoms with Crippen LogP contribution in [0.3, 0.4) is 0 Å². The highest BCUT2D eigenvalue weighted by molar-refractivity contribution is 6.05. The molecule has 3 amide bonds. The Labute approximate surface area is 317 Å². The first-order valence-corrected chi connectivity index (χ1v) is 19.2. The second kappa shape index (κ2) is 13.4. The lowest BCUT2D eigenvalue weighted by Crippen LogP contribution is -2.63. The summed E-state index contributed by atoms with van der Waals surface area (Å²) in [5, 5.41) is 7.41. The molecule has 10 rings (SSSR count). The minimum absolute atomic E-state index is 0.0710. The van der Waals surface area contributed by atoms with E-state index >= 15 is 0 Å². The maximum absolute atomic E-state index is 14.1. The molecule has 5 aliphatic rings. The van der Waals surface area contributed by atoms with Gasteiger partial charge in [-0.05, 0) is 85.0 Å². The molecule has 0 aliphatic carbocycles. The first-order chi connectivity index (χ1) is 26.9. The number of hydrogen-bond donors (Lipinski definition) is 1. The molecule has 8 heterocycles. The van der Waals surface area contributed by atoms with Gasteiger partial charge in [0.05, 0.1) is 17.9 Å². The molecule has 5 aliphatic heterocycles. The Morgan fingerprint density at radius 2 is 1.64 bits per heavy atom. The van der Waals surface area contributed by atoms with E-state index in [1.54, 1.807) is 17.0 Å². The first-order valence-electron chi connectivity index (χ1n) is 19.2. The van der Waals surface area contributed by atoms with Crippen molar-refractivity contribution in [2.45, 2.75) is 50.4 Å². The van der Waals surface area contributed by atoms with Crippen molar-refractivity contribution in [1.82, 2.24) is 34.7 Å². The second-order valence-electron chi connectivity index (χ2n) is 15.2. The number of carbonyl (C=O) groups is 3. The number of carbonyl (C=O) groups excluding carboxylic acids is 3. The van der Waals surface area contributed by atoms with Crippen molar-refractivity contribution in [1.29, 1.82) is 0 Å². The van der Waals surface area contributed by atoms with E-state index < -0.39 is 6.04 Å². The molecule has 3 aromatic heterocycles. The van der Waals surface area contributed by atoms with Gasteiger partial charge >= 0.3 is 0 Å². The highest BCUT2D eigenvalue weighted by Gasteiger charge is 2.40. The third-order valence-corrected chi connectivity index (χ3v) is 12.0. The predicted molar refractivity (Wildman–Crippen MR) is 204 cm³/mol. The number of anilines is 3. The van der Waals surface area contributed by atoms with Crippen molar-refractivity contribution < 1.29 is 18.8 Å².